The highest BCUT2D eigenvalue weighted by Gasteiger charge is 2.44. The molecule has 1 atom stereocenters. The molecule has 0 bridgehead atoms. The Morgan fingerprint density at radius 2 is 1.86 bits per heavy atom. The number of aliphatic hydroxyl groups is 1. The minimum absolute atomic E-state index is 0.254. The number of anilines is 2. The minimum atomic E-state index is -0.951. The number of urea groups is 1. The molecule has 6 nitrogen and oxygen atoms in total. The zero-order valence-electron chi connectivity index (χ0n) is 15.7. The molecular formula is C22H20N4O2. The van der Waals surface area contributed by atoms with Gasteiger partial charge in [-0.2, -0.15) is 0 Å². The lowest BCUT2D eigenvalue weighted by atomic mass is 9.98. The number of hydrogen-bond acceptors (Lipinski definition) is 3. The number of benzene rings is 2. The molecule has 1 aliphatic rings. The molecule has 3 aromatic rings. The van der Waals surface area contributed by atoms with Crippen LogP contribution in [0.25, 0.3) is 15.6 Å². The Morgan fingerprint density at radius 3 is 2.54 bits per heavy atom. The van der Waals surface area contributed by atoms with E-state index in [0.29, 0.717) is 11.4 Å². The zero-order chi connectivity index (χ0) is 19.9. The van der Waals surface area contributed by atoms with Gasteiger partial charge in [0.15, 0.2) is 0 Å². The van der Waals surface area contributed by atoms with E-state index in [1.807, 2.05) is 24.3 Å². The van der Waals surface area contributed by atoms with Crippen molar-refractivity contribution in [2.45, 2.75) is 25.6 Å². The first kappa shape index (κ1) is 18.0. The van der Waals surface area contributed by atoms with E-state index in [1.54, 1.807) is 55.4 Å². The van der Waals surface area contributed by atoms with Gasteiger partial charge in [-0.05, 0) is 31.5 Å². The summed E-state index contributed by atoms with van der Waals surface area (Å²) in [6, 6.07) is 14.7. The predicted octanol–water partition coefficient (Wildman–Crippen LogP) is 4.15. The van der Waals surface area contributed by atoms with Gasteiger partial charge in [0.25, 0.3) is 0 Å². The van der Waals surface area contributed by atoms with Crippen LogP contribution < -0.4 is 9.80 Å². The number of amides is 2. The van der Waals surface area contributed by atoms with Crippen LogP contribution in [0.2, 0.25) is 0 Å². The van der Waals surface area contributed by atoms with Gasteiger partial charge in [0.2, 0.25) is 0 Å². The van der Waals surface area contributed by atoms with Crippen molar-refractivity contribution >= 4 is 28.2 Å². The van der Waals surface area contributed by atoms with Crippen LogP contribution >= 0.6 is 0 Å². The normalized spacial score (nSPS) is 17.2. The van der Waals surface area contributed by atoms with E-state index in [1.165, 1.54) is 4.90 Å². The van der Waals surface area contributed by atoms with Gasteiger partial charge in [0, 0.05) is 22.7 Å². The molecule has 28 heavy (non-hydrogen) atoms. The van der Waals surface area contributed by atoms with Crippen molar-refractivity contribution in [1.29, 1.82) is 0 Å². The Kier molecular flexibility index (Phi) is 4.25. The van der Waals surface area contributed by atoms with Gasteiger partial charge in [0.1, 0.15) is 6.54 Å². The Balaban J connectivity index is 1.73. The second-order valence-corrected chi connectivity index (χ2v) is 7.36. The average Bonchev–Trinajstić information content (AvgIpc) is 3.03. The third-order valence-electron chi connectivity index (χ3n) is 5.02. The Morgan fingerprint density at radius 1 is 1.14 bits per heavy atom. The summed E-state index contributed by atoms with van der Waals surface area (Å²) in [5, 5.41) is 11.9. The smallest absolute Gasteiger partial charge is 0.335 e. The summed E-state index contributed by atoms with van der Waals surface area (Å²) in [6.07, 6.45) is 2.76. The first-order valence-corrected chi connectivity index (χ1v) is 9.03. The molecule has 4 rings (SSSR count). The van der Waals surface area contributed by atoms with Crippen molar-refractivity contribution in [1.82, 2.24) is 4.98 Å². The highest BCUT2D eigenvalue weighted by atomic mass is 16.3. The molecule has 1 unspecified atom stereocenters. The highest BCUT2D eigenvalue weighted by molar-refractivity contribution is 6.11. The number of carbonyl (C=O) groups is 1. The van der Waals surface area contributed by atoms with Gasteiger partial charge in [-0.25, -0.2) is 16.3 Å². The maximum absolute atomic E-state index is 13.2. The number of nitrogens with zero attached hydrogens (tertiary/aromatic N) is 4. The van der Waals surface area contributed by atoms with Crippen molar-refractivity contribution in [3.05, 3.63) is 77.9 Å². The number of fused-ring (bicyclic) bond motifs is 1. The quantitative estimate of drug-likeness (QED) is 0.703. The van der Waals surface area contributed by atoms with Crippen LogP contribution in [0.1, 0.15) is 19.4 Å². The van der Waals surface area contributed by atoms with E-state index in [2.05, 4.69) is 9.83 Å². The first-order chi connectivity index (χ1) is 13.4. The van der Waals surface area contributed by atoms with Crippen LogP contribution in [0, 0.1) is 6.57 Å². The van der Waals surface area contributed by atoms with Crippen molar-refractivity contribution in [2.24, 2.45) is 0 Å². The van der Waals surface area contributed by atoms with Gasteiger partial charge in [-0.1, -0.05) is 36.4 Å². The van der Waals surface area contributed by atoms with Gasteiger partial charge in [-0.3, -0.25) is 14.7 Å². The van der Waals surface area contributed by atoms with Crippen LogP contribution in [-0.4, -0.2) is 28.8 Å². The number of rotatable bonds is 3. The Hall–Kier alpha value is -3.43. The molecule has 1 N–H and O–H groups in total. The number of hydrogen-bond donors (Lipinski definition) is 1. The lowest BCUT2D eigenvalue weighted by molar-refractivity contribution is 0.0786. The zero-order valence-corrected chi connectivity index (χ0v) is 15.7. The lowest BCUT2D eigenvalue weighted by Crippen LogP contribution is -2.34. The molecule has 1 saturated heterocycles. The van der Waals surface area contributed by atoms with E-state index in [9.17, 15) is 9.90 Å². The number of carbonyl (C=O) groups excluding carboxylic acids is 1. The summed E-state index contributed by atoms with van der Waals surface area (Å²) < 4.78 is 0. The molecular weight excluding hydrogens is 352 g/mol. The monoisotopic (exact) mass is 372 g/mol. The Bertz CT molecular complexity index is 1070. The van der Waals surface area contributed by atoms with E-state index >= 15 is 0 Å². The molecule has 2 aromatic carbocycles. The summed E-state index contributed by atoms with van der Waals surface area (Å²) >= 11 is 0. The maximum atomic E-state index is 13.2. The second-order valence-electron chi connectivity index (χ2n) is 7.36. The summed E-state index contributed by atoms with van der Waals surface area (Å²) in [5.41, 5.74) is 1.15. The standard InChI is InChI=1S/C22H20N4O2/c1-22(2,28)16-8-10-17(11-9-16)25-14-20(23-3)26(21(25)27)19-13-24-12-15-6-4-5-7-18(15)19/h4-13,20,28H,14H2,1-2H3. The topological polar surface area (TPSA) is 61.0 Å². The molecule has 0 spiro atoms. The Labute approximate surface area is 163 Å². The lowest BCUT2D eigenvalue weighted by Gasteiger charge is -2.21. The van der Waals surface area contributed by atoms with E-state index < -0.39 is 11.8 Å². The van der Waals surface area contributed by atoms with Crippen molar-refractivity contribution < 1.29 is 9.90 Å². The fraction of sp³-hybridized carbons (Fsp3) is 0.227. The van der Waals surface area contributed by atoms with Gasteiger partial charge in [-0.15, -0.1) is 0 Å². The molecule has 1 aromatic heterocycles. The summed E-state index contributed by atoms with van der Waals surface area (Å²) in [6.45, 7) is 11.3. The largest absolute Gasteiger partial charge is 0.386 e. The first-order valence-electron chi connectivity index (χ1n) is 9.03. The molecule has 2 heterocycles. The van der Waals surface area contributed by atoms with Gasteiger partial charge in [0.05, 0.1) is 17.5 Å². The van der Waals surface area contributed by atoms with E-state index in [4.69, 9.17) is 6.57 Å². The highest BCUT2D eigenvalue weighted by Crippen LogP contribution is 2.34. The second kappa shape index (κ2) is 6.63. The molecule has 0 radical (unpaired) electrons. The van der Waals surface area contributed by atoms with Crippen molar-refractivity contribution in [2.75, 3.05) is 16.3 Å². The fourth-order valence-electron chi connectivity index (χ4n) is 3.50. The van der Waals surface area contributed by atoms with E-state index in [-0.39, 0.29) is 12.6 Å². The van der Waals surface area contributed by atoms with Crippen molar-refractivity contribution in [3.63, 3.8) is 0 Å². The van der Waals surface area contributed by atoms with Gasteiger partial charge >= 0.3 is 12.2 Å². The molecule has 6 heteroatoms. The summed E-state index contributed by atoms with van der Waals surface area (Å²) in [7, 11) is 0. The molecule has 2 amide bonds. The predicted molar refractivity (Wildman–Crippen MR) is 109 cm³/mol. The fourth-order valence-corrected chi connectivity index (χ4v) is 3.50. The third-order valence-corrected chi connectivity index (χ3v) is 5.02. The third kappa shape index (κ3) is 2.96. The van der Waals surface area contributed by atoms with Crippen molar-refractivity contribution in [3.8, 4) is 0 Å². The molecule has 1 fully saturated rings. The van der Waals surface area contributed by atoms with Crippen LogP contribution in [0.5, 0.6) is 0 Å². The summed E-state index contributed by atoms with van der Waals surface area (Å²) in [4.78, 5) is 24.3. The molecule has 140 valence electrons. The van der Waals surface area contributed by atoms with Crippen LogP contribution in [0.15, 0.2) is 60.9 Å². The molecule has 0 saturated carbocycles. The summed E-state index contributed by atoms with van der Waals surface area (Å²) in [5.74, 6) is 0. The average molecular weight is 372 g/mol. The van der Waals surface area contributed by atoms with E-state index in [0.717, 1.165) is 16.3 Å². The molecule has 1 aliphatic heterocycles. The maximum Gasteiger partial charge on any atom is 0.335 e. The van der Waals surface area contributed by atoms with Gasteiger partial charge < -0.3 is 5.11 Å². The number of pyridine rings is 1. The minimum Gasteiger partial charge on any atom is -0.386 e. The molecule has 0 aliphatic carbocycles. The SMILES string of the molecule is [C-]#[N+]C1CN(c2ccc(C(C)(C)O)cc2)C(=O)N1c1cncc2ccccc12. The van der Waals surface area contributed by atoms with Crippen LogP contribution in [-0.2, 0) is 5.60 Å². The van der Waals surface area contributed by atoms with Crippen LogP contribution in [0.4, 0.5) is 16.2 Å². The number of aromatic nitrogens is 1. The van der Waals surface area contributed by atoms with Crippen LogP contribution in [0.3, 0.4) is 0 Å².